The van der Waals surface area contributed by atoms with Gasteiger partial charge in [0.1, 0.15) is 5.75 Å². The smallest absolute Gasteiger partial charge is 0.257 e. The molecule has 0 aliphatic rings. The van der Waals surface area contributed by atoms with E-state index in [1.807, 2.05) is 67.8 Å². The predicted molar refractivity (Wildman–Crippen MR) is 135 cm³/mol. The van der Waals surface area contributed by atoms with Gasteiger partial charge in [-0.2, -0.15) is 0 Å². The number of hydrogen-bond acceptors (Lipinski definition) is 8. The molecule has 7 N–H and O–H groups in total. The lowest BCUT2D eigenvalue weighted by Gasteiger charge is -2.20. The van der Waals surface area contributed by atoms with E-state index in [1.165, 1.54) is 7.05 Å². The zero-order valence-corrected chi connectivity index (χ0v) is 22.7. The van der Waals surface area contributed by atoms with Crippen molar-refractivity contribution in [3.63, 3.8) is 0 Å². The molecular weight excluding hydrogens is 755 g/mol. The number of likely N-dealkylation sites (N-methyl/N-ethyl adjacent to an activating group) is 1. The van der Waals surface area contributed by atoms with Crippen LogP contribution < -0.4 is 20.7 Å². The molecule has 31 heavy (non-hydrogen) atoms. The Hall–Kier alpha value is -0.540. The van der Waals surface area contributed by atoms with Crippen LogP contribution in [0.25, 0.3) is 0 Å². The molecule has 0 saturated carbocycles. The van der Waals surface area contributed by atoms with Gasteiger partial charge in [-0.25, -0.2) is 0 Å². The lowest BCUT2D eigenvalue weighted by atomic mass is 10.1. The Morgan fingerprint density at radius 2 is 1.29 bits per heavy atom. The Bertz CT molecular complexity index is 771. The molecule has 174 valence electrons. The summed E-state index contributed by atoms with van der Waals surface area (Å²) in [6.07, 6.45) is -2.32. The summed E-state index contributed by atoms with van der Waals surface area (Å²) in [5.41, 5.74) is 0.179. The largest absolute Gasteiger partial charge is 0.481 e. The van der Waals surface area contributed by atoms with E-state index in [0.29, 0.717) is 7.14 Å². The number of rotatable bonds is 11. The van der Waals surface area contributed by atoms with Gasteiger partial charge in [-0.05, 0) is 67.8 Å². The first-order chi connectivity index (χ1) is 14.6. The van der Waals surface area contributed by atoms with Gasteiger partial charge in [0, 0.05) is 23.7 Å². The van der Waals surface area contributed by atoms with Crippen LogP contribution in [0.1, 0.15) is 20.7 Å². The molecule has 0 aromatic heterocycles. The fraction of sp³-hybridized carbons (Fsp3) is 0.471. The Morgan fingerprint density at radius 3 is 1.65 bits per heavy atom. The van der Waals surface area contributed by atoms with Crippen LogP contribution >= 0.6 is 67.8 Å². The molecule has 1 aromatic rings. The standard InChI is InChI=1S/C17H22I3N3O8/c1-21-9(28)6-31-15-13(19)10(16(29)22-2-7(26)4-24)12(18)11(14(15)20)17(30)23-3-8(27)5-25/h7-8,24-27H,2-6H2,1H3,(H,21,28)(H,22,29)(H,23,30). The number of nitrogens with one attached hydrogen (secondary N) is 3. The van der Waals surface area contributed by atoms with Crippen molar-refractivity contribution in [1.29, 1.82) is 0 Å². The van der Waals surface area contributed by atoms with Gasteiger partial charge >= 0.3 is 0 Å². The molecule has 14 heteroatoms. The number of halogens is 3. The average Bonchev–Trinajstić information content (AvgIpc) is 2.74. The highest BCUT2D eigenvalue weighted by atomic mass is 127. The molecule has 0 fully saturated rings. The van der Waals surface area contributed by atoms with Gasteiger partial charge in [0.15, 0.2) is 6.61 Å². The fourth-order valence-corrected chi connectivity index (χ4v) is 6.56. The summed E-state index contributed by atoms with van der Waals surface area (Å²) < 4.78 is 6.56. The van der Waals surface area contributed by atoms with Crippen LogP contribution in [0.2, 0.25) is 0 Å². The minimum Gasteiger partial charge on any atom is -0.481 e. The Labute approximate surface area is 219 Å². The summed E-state index contributed by atoms with van der Waals surface area (Å²) in [5.74, 6) is -1.51. The molecule has 0 aliphatic carbocycles. The Morgan fingerprint density at radius 1 is 0.871 bits per heavy atom. The maximum atomic E-state index is 12.8. The van der Waals surface area contributed by atoms with Crippen molar-refractivity contribution in [2.24, 2.45) is 0 Å². The number of carbonyl (C=O) groups excluding carboxylic acids is 3. The van der Waals surface area contributed by atoms with Crippen molar-refractivity contribution in [2.45, 2.75) is 12.2 Å². The molecule has 0 radical (unpaired) electrons. The quantitative estimate of drug-likeness (QED) is 0.137. The van der Waals surface area contributed by atoms with Crippen LogP contribution in [0.5, 0.6) is 5.75 Å². The summed E-state index contributed by atoms with van der Waals surface area (Å²) in [6, 6.07) is 0. The molecule has 11 nitrogen and oxygen atoms in total. The number of aliphatic hydroxyl groups excluding tert-OH is 4. The van der Waals surface area contributed by atoms with E-state index < -0.39 is 43.1 Å². The van der Waals surface area contributed by atoms with Gasteiger partial charge in [0.05, 0.1) is 43.7 Å². The van der Waals surface area contributed by atoms with Gasteiger partial charge in [-0.3, -0.25) is 14.4 Å². The normalized spacial score (nSPS) is 12.6. The van der Waals surface area contributed by atoms with E-state index in [-0.39, 0.29) is 40.1 Å². The van der Waals surface area contributed by atoms with Crippen LogP contribution in [0, 0.1) is 10.7 Å². The van der Waals surface area contributed by atoms with Crippen molar-refractivity contribution < 1.29 is 39.5 Å². The lowest BCUT2D eigenvalue weighted by Crippen LogP contribution is -2.37. The minimum atomic E-state index is -1.16. The van der Waals surface area contributed by atoms with Crippen molar-refractivity contribution in [2.75, 3.05) is 40.0 Å². The molecule has 0 spiro atoms. The molecule has 0 heterocycles. The second-order valence-corrected chi connectivity index (χ2v) is 9.31. The summed E-state index contributed by atoms with van der Waals surface area (Å²) in [7, 11) is 1.44. The van der Waals surface area contributed by atoms with E-state index >= 15 is 0 Å². The number of ether oxygens (including phenoxy) is 1. The molecule has 0 aliphatic heterocycles. The molecule has 0 saturated heterocycles. The van der Waals surface area contributed by atoms with E-state index in [4.69, 9.17) is 14.9 Å². The van der Waals surface area contributed by atoms with E-state index in [9.17, 15) is 24.6 Å². The van der Waals surface area contributed by atoms with Crippen LogP contribution in [-0.2, 0) is 4.79 Å². The van der Waals surface area contributed by atoms with Gasteiger partial charge < -0.3 is 41.1 Å². The number of amides is 3. The summed E-state index contributed by atoms with van der Waals surface area (Å²) in [4.78, 5) is 37.2. The number of benzene rings is 1. The maximum Gasteiger partial charge on any atom is 0.257 e. The molecule has 0 bridgehead atoms. The Balaban J connectivity index is 3.44. The first-order valence-electron chi connectivity index (χ1n) is 8.76. The topological polar surface area (TPSA) is 177 Å². The van der Waals surface area contributed by atoms with Crippen molar-refractivity contribution in [3.05, 3.63) is 21.8 Å². The Kier molecular flexibility index (Phi) is 12.8. The molecule has 1 rings (SSSR count). The van der Waals surface area contributed by atoms with Crippen LogP contribution in [0.15, 0.2) is 0 Å². The van der Waals surface area contributed by atoms with Gasteiger partial charge in [-0.15, -0.1) is 0 Å². The van der Waals surface area contributed by atoms with Crippen LogP contribution in [0.3, 0.4) is 0 Å². The van der Waals surface area contributed by atoms with Crippen molar-refractivity contribution in [3.8, 4) is 5.75 Å². The SMILES string of the molecule is CNC(=O)COc1c(I)c(C(=O)NCC(O)CO)c(I)c(C(=O)NCC(O)CO)c1I. The third-order valence-electron chi connectivity index (χ3n) is 3.78. The maximum absolute atomic E-state index is 12.8. The van der Waals surface area contributed by atoms with Gasteiger partial charge in [0.25, 0.3) is 17.7 Å². The van der Waals surface area contributed by atoms with Gasteiger partial charge in [0.2, 0.25) is 0 Å². The highest BCUT2D eigenvalue weighted by Crippen LogP contribution is 2.37. The lowest BCUT2D eigenvalue weighted by molar-refractivity contribution is -0.122. The average molecular weight is 777 g/mol. The summed E-state index contributed by atoms with van der Waals surface area (Å²) in [6.45, 7) is -1.86. The minimum absolute atomic E-state index is 0.0894. The third-order valence-corrected chi connectivity index (χ3v) is 6.91. The highest BCUT2D eigenvalue weighted by molar-refractivity contribution is 14.1. The van der Waals surface area contributed by atoms with E-state index in [2.05, 4.69) is 16.0 Å². The molecule has 1 aromatic carbocycles. The van der Waals surface area contributed by atoms with Gasteiger partial charge in [-0.1, -0.05) is 0 Å². The summed E-state index contributed by atoms with van der Waals surface area (Å²) in [5, 5.41) is 44.3. The second-order valence-electron chi connectivity index (χ2n) is 6.08. The van der Waals surface area contributed by atoms with Crippen LogP contribution in [-0.4, -0.2) is 90.3 Å². The fourth-order valence-electron chi connectivity index (χ4n) is 2.10. The van der Waals surface area contributed by atoms with Crippen molar-refractivity contribution in [1.82, 2.24) is 16.0 Å². The van der Waals surface area contributed by atoms with Crippen molar-refractivity contribution >= 4 is 85.5 Å². The van der Waals surface area contributed by atoms with Crippen LogP contribution in [0.4, 0.5) is 0 Å². The number of hydrogen-bond donors (Lipinski definition) is 7. The first kappa shape index (κ1) is 28.5. The monoisotopic (exact) mass is 777 g/mol. The van der Waals surface area contributed by atoms with E-state index in [0.717, 1.165) is 0 Å². The second kappa shape index (κ2) is 13.9. The molecule has 2 unspecified atom stereocenters. The number of carbonyl (C=O) groups is 3. The molecule has 2 atom stereocenters. The zero-order chi connectivity index (χ0) is 23.7. The number of aliphatic hydroxyl groups is 4. The van der Waals surface area contributed by atoms with E-state index in [1.54, 1.807) is 0 Å². The highest BCUT2D eigenvalue weighted by Gasteiger charge is 2.29. The zero-order valence-electron chi connectivity index (χ0n) is 16.2. The predicted octanol–water partition coefficient (Wildman–Crippen LogP) is -1.21. The third kappa shape index (κ3) is 8.07. The molecular formula is C17H22I3N3O8. The molecule has 3 amide bonds. The first-order valence-corrected chi connectivity index (χ1v) is 12.0. The summed E-state index contributed by atoms with van der Waals surface area (Å²) >= 11 is 5.57.